The molecule has 3 aromatic rings. The van der Waals surface area contributed by atoms with Crippen molar-refractivity contribution in [3.05, 3.63) is 72.6 Å². The Morgan fingerprint density at radius 3 is 2.60 bits per heavy atom. The molecule has 1 N–H and O–H groups in total. The summed E-state index contributed by atoms with van der Waals surface area (Å²) in [5.41, 5.74) is 0.705. The fourth-order valence-electron chi connectivity index (χ4n) is 2.20. The average molecular weight is 264 g/mol. The molecule has 0 atom stereocenters. The standard InChI is InChI=1S/C17H13NO2/c19-16-7-6-13-8-9-18(11-15(13)10-16)12-17(20)14-4-2-1-3-5-14/h1-11H,12H2/p+1. The monoisotopic (exact) mass is 264 g/mol. The number of fused-ring (bicyclic) bond motifs is 1. The molecular weight excluding hydrogens is 250 g/mol. The summed E-state index contributed by atoms with van der Waals surface area (Å²) in [6.07, 6.45) is 3.75. The highest BCUT2D eigenvalue weighted by Crippen LogP contribution is 2.17. The van der Waals surface area contributed by atoms with Gasteiger partial charge in [-0.1, -0.05) is 36.4 Å². The van der Waals surface area contributed by atoms with Crippen LogP contribution in [-0.2, 0) is 6.54 Å². The van der Waals surface area contributed by atoms with Crippen molar-refractivity contribution >= 4 is 16.6 Å². The van der Waals surface area contributed by atoms with Crippen molar-refractivity contribution in [1.29, 1.82) is 0 Å². The van der Waals surface area contributed by atoms with E-state index in [0.717, 1.165) is 10.8 Å². The molecule has 98 valence electrons. The van der Waals surface area contributed by atoms with Gasteiger partial charge in [-0.3, -0.25) is 4.79 Å². The number of hydrogen-bond donors (Lipinski definition) is 1. The highest BCUT2D eigenvalue weighted by atomic mass is 16.3. The molecule has 0 amide bonds. The van der Waals surface area contributed by atoms with Crippen molar-refractivity contribution in [2.24, 2.45) is 0 Å². The summed E-state index contributed by atoms with van der Waals surface area (Å²) in [5.74, 6) is 0.291. The zero-order valence-electron chi connectivity index (χ0n) is 10.9. The van der Waals surface area contributed by atoms with E-state index in [2.05, 4.69) is 0 Å². The molecule has 2 aromatic carbocycles. The molecule has 3 rings (SSSR count). The number of pyridine rings is 1. The highest BCUT2D eigenvalue weighted by molar-refractivity contribution is 5.95. The van der Waals surface area contributed by atoms with E-state index in [1.54, 1.807) is 12.1 Å². The lowest BCUT2D eigenvalue weighted by Gasteiger charge is -2.00. The van der Waals surface area contributed by atoms with Crippen LogP contribution in [0, 0.1) is 0 Å². The van der Waals surface area contributed by atoms with Gasteiger partial charge in [0, 0.05) is 17.0 Å². The minimum Gasteiger partial charge on any atom is -0.508 e. The third-order valence-electron chi connectivity index (χ3n) is 3.24. The van der Waals surface area contributed by atoms with E-state index in [1.807, 2.05) is 59.4 Å². The molecule has 20 heavy (non-hydrogen) atoms. The van der Waals surface area contributed by atoms with Crippen LogP contribution in [0.3, 0.4) is 0 Å². The first-order valence-corrected chi connectivity index (χ1v) is 6.42. The normalized spacial score (nSPS) is 10.6. The number of carbonyl (C=O) groups is 1. The largest absolute Gasteiger partial charge is 0.508 e. The van der Waals surface area contributed by atoms with Gasteiger partial charge < -0.3 is 5.11 Å². The Labute approximate surface area is 116 Å². The third kappa shape index (κ3) is 2.52. The second kappa shape index (κ2) is 5.13. The number of ketones is 1. The van der Waals surface area contributed by atoms with Gasteiger partial charge in [-0.2, -0.15) is 4.57 Å². The van der Waals surface area contributed by atoms with Crippen molar-refractivity contribution in [3.63, 3.8) is 0 Å². The Balaban J connectivity index is 1.89. The lowest BCUT2D eigenvalue weighted by molar-refractivity contribution is -0.681. The predicted molar refractivity (Wildman–Crippen MR) is 76.6 cm³/mol. The molecule has 0 saturated carbocycles. The molecule has 1 aromatic heterocycles. The molecule has 0 spiro atoms. The number of rotatable bonds is 3. The van der Waals surface area contributed by atoms with E-state index in [9.17, 15) is 9.90 Å². The van der Waals surface area contributed by atoms with Crippen molar-refractivity contribution < 1.29 is 14.5 Å². The van der Waals surface area contributed by atoms with E-state index >= 15 is 0 Å². The first-order valence-electron chi connectivity index (χ1n) is 6.42. The Kier molecular flexibility index (Phi) is 3.17. The van der Waals surface area contributed by atoms with Gasteiger partial charge in [0.2, 0.25) is 12.3 Å². The number of hydrogen-bond acceptors (Lipinski definition) is 2. The van der Waals surface area contributed by atoms with Gasteiger partial charge in [0.05, 0.1) is 0 Å². The second-order valence-electron chi connectivity index (χ2n) is 4.72. The lowest BCUT2D eigenvalue weighted by Crippen LogP contribution is -2.37. The van der Waals surface area contributed by atoms with Crippen LogP contribution < -0.4 is 4.57 Å². The first-order chi connectivity index (χ1) is 9.72. The van der Waals surface area contributed by atoms with Crippen LogP contribution in [0.25, 0.3) is 10.8 Å². The van der Waals surface area contributed by atoms with E-state index < -0.39 is 0 Å². The van der Waals surface area contributed by atoms with Crippen LogP contribution in [0.1, 0.15) is 10.4 Å². The minimum absolute atomic E-state index is 0.0649. The number of aromatic nitrogens is 1. The van der Waals surface area contributed by atoms with Crippen LogP contribution in [-0.4, -0.2) is 10.9 Å². The number of phenolic OH excluding ortho intramolecular Hbond substituents is 1. The molecule has 1 heterocycles. The van der Waals surface area contributed by atoms with Crippen LogP contribution >= 0.6 is 0 Å². The number of benzene rings is 2. The summed E-state index contributed by atoms with van der Waals surface area (Å²) in [4.78, 5) is 12.1. The number of phenols is 1. The Morgan fingerprint density at radius 1 is 1.00 bits per heavy atom. The first kappa shape index (κ1) is 12.4. The molecule has 0 aliphatic heterocycles. The molecular formula is C17H14NO2+. The van der Waals surface area contributed by atoms with Crippen LogP contribution in [0.2, 0.25) is 0 Å². The maximum atomic E-state index is 12.1. The molecule has 0 aliphatic carbocycles. The van der Waals surface area contributed by atoms with Gasteiger partial charge in [-0.05, 0) is 17.5 Å². The maximum Gasteiger partial charge on any atom is 0.227 e. The predicted octanol–water partition coefficient (Wildman–Crippen LogP) is 2.72. The maximum absolute atomic E-state index is 12.1. The summed E-state index contributed by atoms with van der Waals surface area (Å²) >= 11 is 0. The molecule has 0 saturated heterocycles. The van der Waals surface area contributed by atoms with E-state index in [4.69, 9.17) is 0 Å². The van der Waals surface area contributed by atoms with Gasteiger partial charge in [-0.15, -0.1) is 0 Å². The van der Waals surface area contributed by atoms with Gasteiger partial charge in [0.25, 0.3) is 0 Å². The van der Waals surface area contributed by atoms with Gasteiger partial charge in [0.1, 0.15) is 5.75 Å². The Bertz CT molecular complexity index is 766. The molecule has 3 heteroatoms. The van der Waals surface area contributed by atoms with Crippen LogP contribution in [0.4, 0.5) is 0 Å². The van der Waals surface area contributed by atoms with E-state index in [-0.39, 0.29) is 18.1 Å². The van der Waals surface area contributed by atoms with E-state index in [0.29, 0.717) is 5.56 Å². The molecule has 3 nitrogen and oxygen atoms in total. The van der Waals surface area contributed by atoms with Gasteiger partial charge in [0.15, 0.2) is 12.4 Å². The minimum atomic E-state index is 0.0649. The molecule has 0 fully saturated rings. The van der Waals surface area contributed by atoms with Crippen molar-refractivity contribution in [1.82, 2.24) is 0 Å². The number of carbonyl (C=O) groups excluding carboxylic acids is 1. The SMILES string of the molecule is O=C(C[n+]1ccc2ccc(O)cc2c1)c1ccccc1. The van der Waals surface area contributed by atoms with Gasteiger partial charge in [-0.25, -0.2) is 0 Å². The number of aromatic hydroxyl groups is 1. The van der Waals surface area contributed by atoms with Crippen molar-refractivity contribution in [2.75, 3.05) is 0 Å². The zero-order valence-corrected chi connectivity index (χ0v) is 10.9. The Morgan fingerprint density at radius 2 is 1.80 bits per heavy atom. The summed E-state index contributed by atoms with van der Waals surface area (Å²) in [5, 5.41) is 11.4. The fourth-order valence-corrected chi connectivity index (χ4v) is 2.20. The summed E-state index contributed by atoms with van der Waals surface area (Å²) in [7, 11) is 0. The van der Waals surface area contributed by atoms with Crippen molar-refractivity contribution in [3.8, 4) is 5.75 Å². The highest BCUT2D eigenvalue weighted by Gasteiger charge is 2.12. The van der Waals surface area contributed by atoms with E-state index in [1.165, 1.54) is 0 Å². The third-order valence-corrected chi connectivity index (χ3v) is 3.24. The molecule has 0 unspecified atom stereocenters. The topological polar surface area (TPSA) is 41.2 Å². The van der Waals surface area contributed by atoms with Gasteiger partial charge >= 0.3 is 0 Å². The zero-order chi connectivity index (χ0) is 13.9. The Hall–Kier alpha value is -2.68. The van der Waals surface area contributed by atoms with Crippen LogP contribution in [0.15, 0.2) is 67.0 Å². The number of Topliss-reactive ketones (excluding diaryl/α,β-unsaturated/α-hetero) is 1. The number of nitrogens with zero attached hydrogens (tertiary/aromatic N) is 1. The quantitative estimate of drug-likeness (QED) is 0.583. The molecule has 0 bridgehead atoms. The van der Waals surface area contributed by atoms with Crippen LogP contribution in [0.5, 0.6) is 5.75 Å². The molecule has 0 radical (unpaired) electrons. The summed E-state index contributed by atoms with van der Waals surface area (Å²) < 4.78 is 1.83. The smallest absolute Gasteiger partial charge is 0.227 e. The van der Waals surface area contributed by atoms with Crippen molar-refractivity contribution in [2.45, 2.75) is 6.54 Å². The fraction of sp³-hybridized carbons (Fsp3) is 0.0588. The lowest BCUT2D eigenvalue weighted by atomic mass is 10.1. The average Bonchev–Trinajstić information content (AvgIpc) is 2.47. The summed E-state index contributed by atoms with van der Waals surface area (Å²) in [6, 6.07) is 16.4. The summed E-state index contributed by atoms with van der Waals surface area (Å²) in [6.45, 7) is 0.287. The molecule has 0 aliphatic rings. The second-order valence-corrected chi connectivity index (χ2v) is 4.72.